The minimum atomic E-state index is 0.317. The number of methoxy groups -OCH3 is 1. The summed E-state index contributed by atoms with van der Waals surface area (Å²) in [5.41, 5.74) is 0. The van der Waals surface area contributed by atoms with Crippen LogP contribution in [0.15, 0.2) is 0 Å². The van der Waals surface area contributed by atoms with E-state index in [1.54, 1.807) is 7.11 Å². The first kappa shape index (κ1) is 13.3. The summed E-state index contributed by atoms with van der Waals surface area (Å²) in [5, 5.41) is 3.95. The molecule has 0 amide bonds. The number of alkyl halides is 1. The molecule has 0 aromatic heterocycles. The van der Waals surface area contributed by atoms with E-state index in [-0.39, 0.29) is 0 Å². The van der Waals surface area contributed by atoms with Gasteiger partial charge >= 0.3 is 0 Å². The Balaban J connectivity index is 2.27. The molecular formula is C12H24ClNO. The molecule has 1 N–H and O–H groups in total. The van der Waals surface area contributed by atoms with Crippen LogP contribution >= 0.6 is 11.6 Å². The van der Waals surface area contributed by atoms with Gasteiger partial charge in [0.1, 0.15) is 0 Å². The number of nitrogens with one attached hydrogen (secondary N) is 1. The number of halogens is 1. The molecule has 90 valence electrons. The van der Waals surface area contributed by atoms with E-state index in [0.29, 0.717) is 17.5 Å². The fraction of sp³-hybridized carbons (Fsp3) is 1.00. The zero-order valence-electron chi connectivity index (χ0n) is 9.97. The predicted octanol–water partition coefficient (Wildman–Crippen LogP) is 2.94. The van der Waals surface area contributed by atoms with Gasteiger partial charge in [-0.3, -0.25) is 0 Å². The van der Waals surface area contributed by atoms with Crippen LogP contribution in [0.25, 0.3) is 0 Å². The normalized spacial score (nSPS) is 29.8. The molecule has 3 atom stereocenters. The number of rotatable bonds is 5. The Bertz CT molecular complexity index is 166. The van der Waals surface area contributed by atoms with E-state index >= 15 is 0 Å². The maximum Gasteiger partial charge on any atom is 0.0489 e. The van der Waals surface area contributed by atoms with E-state index in [2.05, 4.69) is 12.2 Å². The van der Waals surface area contributed by atoms with Crippen molar-refractivity contribution in [2.45, 2.75) is 62.9 Å². The molecule has 3 unspecified atom stereocenters. The average Bonchev–Trinajstić information content (AvgIpc) is 2.42. The van der Waals surface area contributed by atoms with Crippen molar-refractivity contribution in [1.29, 1.82) is 0 Å². The summed E-state index contributed by atoms with van der Waals surface area (Å²) in [6.45, 7) is 3.04. The summed E-state index contributed by atoms with van der Waals surface area (Å²) in [5.74, 6) is 0. The van der Waals surface area contributed by atoms with E-state index in [9.17, 15) is 0 Å². The molecule has 1 fully saturated rings. The zero-order valence-corrected chi connectivity index (χ0v) is 10.7. The van der Waals surface area contributed by atoms with Gasteiger partial charge in [0, 0.05) is 31.2 Å². The van der Waals surface area contributed by atoms with Gasteiger partial charge in [-0.25, -0.2) is 0 Å². The fourth-order valence-corrected chi connectivity index (χ4v) is 2.55. The van der Waals surface area contributed by atoms with Gasteiger partial charge in [-0.05, 0) is 26.2 Å². The summed E-state index contributed by atoms with van der Waals surface area (Å²) in [7, 11) is 1.75. The lowest BCUT2D eigenvalue weighted by Gasteiger charge is -2.25. The van der Waals surface area contributed by atoms with E-state index in [0.717, 1.165) is 19.4 Å². The van der Waals surface area contributed by atoms with Gasteiger partial charge < -0.3 is 10.1 Å². The maximum absolute atomic E-state index is 6.37. The Hall–Kier alpha value is 0.210. The van der Waals surface area contributed by atoms with Crippen molar-refractivity contribution in [2.24, 2.45) is 0 Å². The van der Waals surface area contributed by atoms with E-state index in [1.165, 1.54) is 25.7 Å². The third kappa shape index (κ3) is 5.19. The Morgan fingerprint density at radius 3 is 2.80 bits per heavy atom. The van der Waals surface area contributed by atoms with Crippen molar-refractivity contribution >= 4 is 11.6 Å². The molecule has 3 heteroatoms. The van der Waals surface area contributed by atoms with Gasteiger partial charge in [0.2, 0.25) is 0 Å². The van der Waals surface area contributed by atoms with Crippen LogP contribution in [0.3, 0.4) is 0 Å². The largest absolute Gasteiger partial charge is 0.385 e. The molecule has 2 nitrogen and oxygen atoms in total. The first-order valence-corrected chi connectivity index (χ1v) is 6.56. The molecule has 0 aromatic rings. The van der Waals surface area contributed by atoms with E-state index < -0.39 is 0 Å². The molecule has 0 bridgehead atoms. The van der Waals surface area contributed by atoms with Crippen molar-refractivity contribution in [3.05, 3.63) is 0 Å². The van der Waals surface area contributed by atoms with Crippen LogP contribution in [0.4, 0.5) is 0 Å². The third-order valence-electron chi connectivity index (χ3n) is 3.19. The van der Waals surface area contributed by atoms with E-state index in [1.807, 2.05) is 0 Å². The van der Waals surface area contributed by atoms with Crippen molar-refractivity contribution in [3.8, 4) is 0 Å². The molecule has 0 saturated heterocycles. The van der Waals surface area contributed by atoms with Crippen LogP contribution < -0.4 is 5.32 Å². The lowest BCUT2D eigenvalue weighted by Crippen LogP contribution is -2.42. The van der Waals surface area contributed by atoms with Gasteiger partial charge in [-0.2, -0.15) is 0 Å². The molecule has 0 aliphatic heterocycles. The lowest BCUT2D eigenvalue weighted by atomic mass is 10.1. The lowest BCUT2D eigenvalue weighted by molar-refractivity contribution is 0.182. The number of ether oxygens (including phenoxy) is 1. The Labute approximate surface area is 98.7 Å². The second kappa shape index (κ2) is 7.48. The average molecular weight is 234 g/mol. The minimum absolute atomic E-state index is 0.317. The zero-order chi connectivity index (χ0) is 11.1. The molecule has 1 saturated carbocycles. The van der Waals surface area contributed by atoms with Crippen LogP contribution in [-0.4, -0.2) is 31.2 Å². The SMILES string of the molecule is COCCC(C)NC1CCCCCC1Cl. The summed E-state index contributed by atoms with van der Waals surface area (Å²) in [6, 6.07) is 1.01. The highest BCUT2D eigenvalue weighted by molar-refractivity contribution is 6.21. The molecule has 1 aliphatic rings. The highest BCUT2D eigenvalue weighted by Crippen LogP contribution is 2.22. The standard InChI is InChI=1S/C12H24ClNO/c1-10(8-9-15-2)14-12-7-5-3-4-6-11(12)13/h10-12,14H,3-9H2,1-2H3. The highest BCUT2D eigenvalue weighted by Gasteiger charge is 2.22. The van der Waals surface area contributed by atoms with Gasteiger partial charge in [-0.1, -0.05) is 19.3 Å². The van der Waals surface area contributed by atoms with Gasteiger partial charge in [0.05, 0.1) is 0 Å². The highest BCUT2D eigenvalue weighted by atomic mass is 35.5. The summed E-state index contributed by atoms with van der Waals surface area (Å²) < 4.78 is 5.08. The van der Waals surface area contributed by atoms with Crippen LogP contribution in [0.2, 0.25) is 0 Å². The van der Waals surface area contributed by atoms with Crippen molar-refractivity contribution in [2.75, 3.05) is 13.7 Å². The second-order valence-corrected chi connectivity index (χ2v) is 5.17. The van der Waals surface area contributed by atoms with Crippen LogP contribution in [0.5, 0.6) is 0 Å². The smallest absolute Gasteiger partial charge is 0.0489 e. The first-order valence-electron chi connectivity index (χ1n) is 6.13. The predicted molar refractivity (Wildman–Crippen MR) is 65.6 cm³/mol. The monoisotopic (exact) mass is 233 g/mol. The number of hydrogen-bond donors (Lipinski definition) is 1. The van der Waals surface area contributed by atoms with Crippen LogP contribution in [0, 0.1) is 0 Å². The fourth-order valence-electron chi connectivity index (χ4n) is 2.19. The molecule has 0 spiro atoms. The van der Waals surface area contributed by atoms with E-state index in [4.69, 9.17) is 16.3 Å². The van der Waals surface area contributed by atoms with Gasteiger partial charge in [-0.15, -0.1) is 11.6 Å². The Morgan fingerprint density at radius 1 is 1.33 bits per heavy atom. The molecule has 1 rings (SSSR count). The van der Waals surface area contributed by atoms with Crippen LogP contribution in [-0.2, 0) is 4.74 Å². The molecule has 15 heavy (non-hydrogen) atoms. The first-order chi connectivity index (χ1) is 7.24. The van der Waals surface area contributed by atoms with Crippen molar-refractivity contribution in [3.63, 3.8) is 0 Å². The van der Waals surface area contributed by atoms with Gasteiger partial charge in [0.25, 0.3) is 0 Å². The Morgan fingerprint density at radius 2 is 2.07 bits per heavy atom. The molecule has 1 aliphatic carbocycles. The topological polar surface area (TPSA) is 21.3 Å². The maximum atomic E-state index is 6.37. The van der Waals surface area contributed by atoms with Crippen molar-refractivity contribution in [1.82, 2.24) is 5.32 Å². The van der Waals surface area contributed by atoms with Crippen LogP contribution in [0.1, 0.15) is 45.4 Å². The summed E-state index contributed by atoms with van der Waals surface area (Å²) in [4.78, 5) is 0. The minimum Gasteiger partial charge on any atom is -0.385 e. The summed E-state index contributed by atoms with van der Waals surface area (Å²) in [6.07, 6.45) is 7.41. The Kier molecular flexibility index (Phi) is 6.62. The quantitative estimate of drug-likeness (QED) is 0.583. The molecular weight excluding hydrogens is 210 g/mol. The molecule has 0 heterocycles. The third-order valence-corrected chi connectivity index (χ3v) is 3.71. The summed E-state index contributed by atoms with van der Waals surface area (Å²) >= 11 is 6.37. The number of hydrogen-bond acceptors (Lipinski definition) is 2. The molecule has 0 radical (unpaired) electrons. The molecule has 0 aromatic carbocycles. The van der Waals surface area contributed by atoms with Crippen molar-refractivity contribution < 1.29 is 4.74 Å². The second-order valence-electron chi connectivity index (χ2n) is 4.61. The van der Waals surface area contributed by atoms with Gasteiger partial charge in [0.15, 0.2) is 0 Å².